The Kier molecular flexibility index (Phi) is 3.33. The summed E-state index contributed by atoms with van der Waals surface area (Å²) >= 11 is 6.25. The highest BCUT2D eigenvalue weighted by Crippen LogP contribution is 2.42. The van der Waals surface area contributed by atoms with Gasteiger partial charge in [0.2, 0.25) is 0 Å². The molecule has 1 aliphatic rings. The molecular formula is C14H17ClN4O2. The van der Waals surface area contributed by atoms with E-state index in [-0.39, 0.29) is 5.92 Å². The van der Waals surface area contributed by atoms with Crippen molar-refractivity contribution in [1.29, 1.82) is 0 Å². The molecule has 0 spiro atoms. The molecule has 0 amide bonds. The predicted octanol–water partition coefficient (Wildman–Crippen LogP) is 2.39. The number of benzene rings is 1. The molecule has 7 heteroatoms. The van der Waals surface area contributed by atoms with Gasteiger partial charge < -0.3 is 21.1 Å². The van der Waals surface area contributed by atoms with Gasteiger partial charge in [-0.15, -0.1) is 0 Å². The molecule has 0 aliphatic carbocycles. The third-order valence-corrected chi connectivity index (χ3v) is 3.64. The van der Waals surface area contributed by atoms with Gasteiger partial charge in [0.15, 0.2) is 17.3 Å². The van der Waals surface area contributed by atoms with Crippen LogP contribution in [0.3, 0.4) is 0 Å². The van der Waals surface area contributed by atoms with Gasteiger partial charge >= 0.3 is 0 Å². The van der Waals surface area contributed by atoms with Gasteiger partial charge in [0.25, 0.3) is 0 Å². The summed E-state index contributed by atoms with van der Waals surface area (Å²) < 4.78 is 12.5. The van der Waals surface area contributed by atoms with E-state index in [9.17, 15) is 0 Å². The molecule has 0 unspecified atom stereocenters. The first-order valence-corrected chi connectivity index (χ1v) is 7.09. The van der Waals surface area contributed by atoms with E-state index in [1.165, 1.54) is 4.68 Å². The van der Waals surface area contributed by atoms with E-state index in [1.807, 2.05) is 19.9 Å². The van der Waals surface area contributed by atoms with E-state index in [1.54, 1.807) is 6.07 Å². The number of fused-ring (bicyclic) bond motifs is 1. The third kappa shape index (κ3) is 2.25. The van der Waals surface area contributed by atoms with Crippen LogP contribution in [-0.4, -0.2) is 22.9 Å². The Morgan fingerprint density at radius 2 is 2.00 bits per heavy atom. The van der Waals surface area contributed by atoms with Crippen LogP contribution in [0.5, 0.6) is 11.5 Å². The summed E-state index contributed by atoms with van der Waals surface area (Å²) in [6.07, 6.45) is 0. The fourth-order valence-electron chi connectivity index (χ4n) is 2.33. The molecule has 0 saturated carbocycles. The SMILES string of the molecule is CC(C)c1nc(-c2cc(Cl)c3c(c2)OCCO3)c(N)n1N. The summed E-state index contributed by atoms with van der Waals surface area (Å²) in [6.45, 7) is 4.99. The van der Waals surface area contributed by atoms with Crippen LogP contribution < -0.4 is 21.1 Å². The van der Waals surface area contributed by atoms with Crippen molar-refractivity contribution in [2.45, 2.75) is 19.8 Å². The topological polar surface area (TPSA) is 88.3 Å². The normalized spacial score (nSPS) is 13.7. The zero-order valence-corrected chi connectivity index (χ0v) is 12.6. The molecule has 1 aliphatic heterocycles. The van der Waals surface area contributed by atoms with Crippen molar-refractivity contribution in [2.24, 2.45) is 0 Å². The smallest absolute Gasteiger partial charge is 0.179 e. The lowest BCUT2D eigenvalue weighted by Gasteiger charge is -2.20. The molecule has 3 rings (SSSR count). The van der Waals surface area contributed by atoms with E-state index >= 15 is 0 Å². The molecule has 6 nitrogen and oxygen atoms in total. The molecule has 1 aromatic carbocycles. The zero-order valence-electron chi connectivity index (χ0n) is 11.9. The van der Waals surface area contributed by atoms with E-state index in [0.29, 0.717) is 47.1 Å². The van der Waals surface area contributed by atoms with Gasteiger partial charge in [0.05, 0.1) is 5.02 Å². The third-order valence-electron chi connectivity index (χ3n) is 3.36. The lowest BCUT2D eigenvalue weighted by Crippen LogP contribution is -2.16. The highest BCUT2D eigenvalue weighted by Gasteiger charge is 2.21. The summed E-state index contributed by atoms with van der Waals surface area (Å²) in [5, 5.41) is 0.472. The molecule has 0 saturated heterocycles. The fourth-order valence-corrected chi connectivity index (χ4v) is 2.60. The van der Waals surface area contributed by atoms with Crippen LogP contribution in [0.2, 0.25) is 5.02 Å². The van der Waals surface area contributed by atoms with Crippen LogP contribution >= 0.6 is 11.6 Å². The number of hydrogen-bond acceptors (Lipinski definition) is 5. The fraction of sp³-hybridized carbons (Fsp3) is 0.357. The number of nitrogens with two attached hydrogens (primary N) is 2. The Morgan fingerprint density at radius 3 is 2.67 bits per heavy atom. The van der Waals surface area contributed by atoms with Crippen molar-refractivity contribution >= 4 is 17.4 Å². The number of hydrogen-bond donors (Lipinski definition) is 2. The van der Waals surface area contributed by atoms with Crippen LogP contribution in [0.25, 0.3) is 11.3 Å². The number of halogens is 1. The lowest BCUT2D eigenvalue weighted by molar-refractivity contribution is 0.172. The van der Waals surface area contributed by atoms with Crippen LogP contribution in [0.4, 0.5) is 5.82 Å². The Hall–Kier alpha value is -2.08. The molecule has 0 fully saturated rings. The summed E-state index contributed by atoms with van der Waals surface area (Å²) in [5.41, 5.74) is 7.41. The van der Waals surface area contributed by atoms with Crippen molar-refractivity contribution in [3.63, 3.8) is 0 Å². The molecule has 0 bridgehead atoms. The van der Waals surface area contributed by atoms with Crippen molar-refractivity contribution in [1.82, 2.24) is 9.66 Å². The number of nitrogen functional groups attached to an aromatic ring is 2. The summed E-state index contributed by atoms with van der Waals surface area (Å²) in [5.74, 6) is 8.39. The van der Waals surface area contributed by atoms with Gasteiger partial charge in [-0.3, -0.25) is 0 Å². The molecule has 21 heavy (non-hydrogen) atoms. The van der Waals surface area contributed by atoms with Crippen LogP contribution in [0.15, 0.2) is 12.1 Å². The molecule has 112 valence electrons. The Morgan fingerprint density at radius 1 is 1.29 bits per heavy atom. The van der Waals surface area contributed by atoms with Crippen molar-refractivity contribution < 1.29 is 9.47 Å². The summed E-state index contributed by atoms with van der Waals surface area (Å²) in [4.78, 5) is 4.53. The van der Waals surface area contributed by atoms with Gasteiger partial charge in [0.1, 0.15) is 24.7 Å². The number of ether oxygens (including phenoxy) is 2. The van der Waals surface area contributed by atoms with Gasteiger partial charge in [0, 0.05) is 11.5 Å². The first-order chi connectivity index (χ1) is 9.99. The molecule has 0 atom stereocenters. The van der Waals surface area contributed by atoms with Crippen LogP contribution in [-0.2, 0) is 0 Å². The van der Waals surface area contributed by atoms with Crippen molar-refractivity contribution in [2.75, 3.05) is 24.8 Å². The number of nitrogens with zero attached hydrogens (tertiary/aromatic N) is 2. The first-order valence-electron chi connectivity index (χ1n) is 6.71. The minimum absolute atomic E-state index is 0.165. The maximum Gasteiger partial charge on any atom is 0.179 e. The van der Waals surface area contributed by atoms with Gasteiger partial charge in [-0.2, -0.15) is 0 Å². The average molecular weight is 309 g/mol. The zero-order chi connectivity index (χ0) is 15.1. The number of imidazole rings is 1. The van der Waals surface area contributed by atoms with Gasteiger partial charge in [-0.05, 0) is 12.1 Å². The molecule has 4 N–H and O–H groups in total. The Balaban J connectivity index is 2.13. The Labute approximate surface area is 127 Å². The molecular weight excluding hydrogens is 292 g/mol. The lowest BCUT2D eigenvalue weighted by atomic mass is 10.1. The first kappa shape index (κ1) is 13.9. The second kappa shape index (κ2) is 5.04. The second-order valence-electron chi connectivity index (χ2n) is 5.21. The standard InChI is InChI=1S/C14H17ClN4O2/c1-7(2)14-18-11(13(16)19(14)17)8-5-9(15)12-10(6-8)20-3-4-21-12/h5-7H,3-4,16-17H2,1-2H3. The predicted molar refractivity (Wildman–Crippen MR) is 82.3 cm³/mol. The Bertz CT molecular complexity index is 697. The number of aromatic nitrogens is 2. The quantitative estimate of drug-likeness (QED) is 0.832. The van der Waals surface area contributed by atoms with Crippen LogP contribution in [0.1, 0.15) is 25.6 Å². The maximum atomic E-state index is 6.25. The van der Waals surface area contributed by atoms with E-state index in [2.05, 4.69) is 4.98 Å². The molecule has 0 radical (unpaired) electrons. The highest BCUT2D eigenvalue weighted by atomic mass is 35.5. The summed E-state index contributed by atoms with van der Waals surface area (Å²) in [7, 11) is 0. The molecule has 2 aromatic rings. The monoisotopic (exact) mass is 308 g/mol. The number of rotatable bonds is 2. The largest absolute Gasteiger partial charge is 0.486 e. The van der Waals surface area contributed by atoms with Crippen molar-refractivity contribution in [3.8, 4) is 22.8 Å². The number of anilines is 1. The molecule has 1 aromatic heterocycles. The van der Waals surface area contributed by atoms with E-state index in [4.69, 9.17) is 32.7 Å². The minimum Gasteiger partial charge on any atom is -0.486 e. The average Bonchev–Trinajstić information content (AvgIpc) is 2.75. The maximum absolute atomic E-state index is 6.25. The minimum atomic E-state index is 0.165. The highest BCUT2D eigenvalue weighted by molar-refractivity contribution is 6.32. The van der Waals surface area contributed by atoms with E-state index in [0.717, 1.165) is 5.56 Å². The van der Waals surface area contributed by atoms with E-state index < -0.39 is 0 Å². The molecule has 2 heterocycles. The van der Waals surface area contributed by atoms with Crippen LogP contribution in [0, 0.1) is 0 Å². The van der Waals surface area contributed by atoms with Crippen molar-refractivity contribution in [3.05, 3.63) is 23.0 Å². The summed E-state index contributed by atoms with van der Waals surface area (Å²) in [6, 6.07) is 3.58. The van der Waals surface area contributed by atoms with Gasteiger partial charge in [-0.25, -0.2) is 9.66 Å². The van der Waals surface area contributed by atoms with Gasteiger partial charge in [-0.1, -0.05) is 25.4 Å². The second-order valence-corrected chi connectivity index (χ2v) is 5.62.